The van der Waals surface area contributed by atoms with E-state index < -0.39 is 23.6 Å². The number of piperidine rings is 1. The second kappa shape index (κ2) is 8.47. The maximum atomic E-state index is 13.0. The highest BCUT2D eigenvalue weighted by atomic mass is 19.1. The van der Waals surface area contributed by atoms with Crippen LogP contribution in [0.3, 0.4) is 0 Å². The van der Waals surface area contributed by atoms with Crippen LogP contribution >= 0.6 is 0 Å². The highest BCUT2D eigenvalue weighted by Gasteiger charge is 2.39. The molecular formula is C19H23FN2O5. The van der Waals surface area contributed by atoms with Crippen LogP contribution in [-0.2, 0) is 19.1 Å². The van der Waals surface area contributed by atoms with Crippen LogP contribution in [-0.4, -0.2) is 54.1 Å². The molecule has 2 amide bonds. The standard InChI is InChI=1S/C19H23FN2O5/c20-15-1-3-16(4-2-15)21-17(23)13-9-14(19(25)26)11-22(10-13)18(24)12-5-7-27-8-6-12/h1-4,12-14H,5-11H2,(H,21,23)(H,25,26)/t13-,14+/m1/s1. The third-order valence-electron chi connectivity index (χ3n) is 5.16. The number of likely N-dealkylation sites (tertiary alicyclic amines) is 1. The van der Waals surface area contributed by atoms with Crippen LogP contribution in [0.5, 0.6) is 0 Å². The molecule has 2 N–H and O–H groups in total. The van der Waals surface area contributed by atoms with Crippen molar-refractivity contribution in [2.45, 2.75) is 19.3 Å². The Bertz CT molecular complexity index is 703. The molecule has 2 heterocycles. The quantitative estimate of drug-likeness (QED) is 0.832. The number of carboxylic acids is 1. The molecule has 0 aliphatic carbocycles. The van der Waals surface area contributed by atoms with Gasteiger partial charge in [0.15, 0.2) is 0 Å². The van der Waals surface area contributed by atoms with Crippen molar-refractivity contribution in [3.8, 4) is 0 Å². The lowest BCUT2D eigenvalue weighted by atomic mass is 9.87. The maximum absolute atomic E-state index is 13.0. The number of anilines is 1. The Balaban J connectivity index is 1.69. The molecule has 2 saturated heterocycles. The second-order valence-electron chi connectivity index (χ2n) is 7.09. The Morgan fingerprint density at radius 3 is 2.30 bits per heavy atom. The number of carboxylic acid groups (broad SMARTS) is 1. The lowest BCUT2D eigenvalue weighted by Gasteiger charge is -2.38. The van der Waals surface area contributed by atoms with Gasteiger partial charge < -0.3 is 20.1 Å². The van der Waals surface area contributed by atoms with Gasteiger partial charge in [0.25, 0.3) is 0 Å². The highest BCUT2D eigenvalue weighted by Crippen LogP contribution is 2.27. The summed E-state index contributed by atoms with van der Waals surface area (Å²) in [5.74, 6) is -3.50. The maximum Gasteiger partial charge on any atom is 0.308 e. The molecule has 146 valence electrons. The highest BCUT2D eigenvalue weighted by molar-refractivity contribution is 5.93. The first-order chi connectivity index (χ1) is 12.9. The fraction of sp³-hybridized carbons (Fsp3) is 0.526. The summed E-state index contributed by atoms with van der Waals surface area (Å²) >= 11 is 0. The number of amides is 2. The molecule has 7 nitrogen and oxygen atoms in total. The molecule has 0 saturated carbocycles. The smallest absolute Gasteiger partial charge is 0.308 e. The van der Waals surface area contributed by atoms with Crippen LogP contribution in [0, 0.1) is 23.6 Å². The van der Waals surface area contributed by atoms with Crippen LogP contribution in [0.2, 0.25) is 0 Å². The average molecular weight is 378 g/mol. The van der Waals surface area contributed by atoms with Crippen molar-refractivity contribution >= 4 is 23.5 Å². The van der Waals surface area contributed by atoms with E-state index in [1.54, 1.807) is 0 Å². The summed E-state index contributed by atoms with van der Waals surface area (Å²) in [4.78, 5) is 38.4. The Kier molecular flexibility index (Phi) is 6.05. The number of nitrogens with one attached hydrogen (secondary N) is 1. The van der Waals surface area contributed by atoms with E-state index >= 15 is 0 Å². The number of carbonyl (C=O) groups excluding carboxylic acids is 2. The minimum Gasteiger partial charge on any atom is -0.481 e. The summed E-state index contributed by atoms with van der Waals surface area (Å²) in [7, 11) is 0. The average Bonchev–Trinajstić information content (AvgIpc) is 2.69. The van der Waals surface area contributed by atoms with E-state index in [1.807, 2.05) is 0 Å². The molecule has 2 fully saturated rings. The summed E-state index contributed by atoms with van der Waals surface area (Å²) in [6, 6.07) is 5.35. The molecule has 1 aromatic rings. The zero-order chi connectivity index (χ0) is 19.4. The molecule has 0 aromatic heterocycles. The number of nitrogens with zero attached hydrogens (tertiary/aromatic N) is 1. The number of benzene rings is 1. The first-order valence-corrected chi connectivity index (χ1v) is 9.10. The van der Waals surface area contributed by atoms with Gasteiger partial charge in [0.2, 0.25) is 11.8 Å². The van der Waals surface area contributed by atoms with Crippen molar-refractivity contribution in [1.82, 2.24) is 4.90 Å². The lowest BCUT2D eigenvalue weighted by Crippen LogP contribution is -2.51. The van der Waals surface area contributed by atoms with E-state index in [0.717, 1.165) is 0 Å². The Morgan fingerprint density at radius 2 is 1.67 bits per heavy atom. The number of carbonyl (C=O) groups is 3. The van der Waals surface area contributed by atoms with Gasteiger partial charge in [-0.25, -0.2) is 4.39 Å². The van der Waals surface area contributed by atoms with Gasteiger partial charge in [-0.3, -0.25) is 14.4 Å². The molecular weight excluding hydrogens is 355 g/mol. The van der Waals surface area contributed by atoms with Crippen molar-refractivity contribution in [3.63, 3.8) is 0 Å². The minimum atomic E-state index is -1.01. The summed E-state index contributed by atoms with van der Waals surface area (Å²) in [5, 5.41) is 12.1. The molecule has 0 radical (unpaired) electrons. The molecule has 0 unspecified atom stereocenters. The molecule has 0 bridgehead atoms. The number of hydrogen-bond acceptors (Lipinski definition) is 4. The van der Waals surface area contributed by atoms with E-state index in [-0.39, 0.29) is 37.2 Å². The van der Waals surface area contributed by atoms with E-state index in [2.05, 4.69) is 5.32 Å². The van der Waals surface area contributed by atoms with Crippen molar-refractivity contribution in [3.05, 3.63) is 30.1 Å². The third-order valence-corrected chi connectivity index (χ3v) is 5.16. The summed E-state index contributed by atoms with van der Waals surface area (Å²) < 4.78 is 18.3. The summed E-state index contributed by atoms with van der Waals surface area (Å²) in [6.45, 7) is 1.33. The van der Waals surface area contributed by atoms with Crippen molar-refractivity contribution in [2.24, 2.45) is 17.8 Å². The number of ether oxygens (including phenoxy) is 1. The zero-order valence-electron chi connectivity index (χ0n) is 14.9. The molecule has 2 aliphatic rings. The van der Waals surface area contributed by atoms with Crippen LogP contribution in [0.4, 0.5) is 10.1 Å². The molecule has 8 heteroatoms. The Morgan fingerprint density at radius 1 is 1.04 bits per heavy atom. The topological polar surface area (TPSA) is 95.9 Å². The van der Waals surface area contributed by atoms with Crippen molar-refractivity contribution < 1.29 is 28.6 Å². The van der Waals surface area contributed by atoms with Gasteiger partial charge in [-0.1, -0.05) is 0 Å². The molecule has 2 atom stereocenters. The third kappa shape index (κ3) is 4.82. The van der Waals surface area contributed by atoms with Crippen LogP contribution in [0.15, 0.2) is 24.3 Å². The van der Waals surface area contributed by atoms with E-state index in [1.165, 1.54) is 29.2 Å². The van der Waals surface area contributed by atoms with Gasteiger partial charge in [0.05, 0.1) is 11.8 Å². The number of aliphatic carboxylic acids is 1. The summed E-state index contributed by atoms with van der Waals surface area (Å²) in [5.41, 5.74) is 0.432. The van der Waals surface area contributed by atoms with Crippen LogP contribution in [0.25, 0.3) is 0 Å². The van der Waals surface area contributed by atoms with E-state index in [4.69, 9.17) is 4.74 Å². The number of halogens is 1. The van der Waals surface area contributed by atoms with Crippen molar-refractivity contribution in [2.75, 3.05) is 31.6 Å². The van der Waals surface area contributed by atoms with E-state index in [0.29, 0.717) is 31.7 Å². The van der Waals surface area contributed by atoms with Crippen LogP contribution in [0.1, 0.15) is 19.3 Å². The predicted molar refractivity (Wildman–Crippen MR) is 94.4 cm³/mol. The minimum absolute atomic E-state index is 0.108. The SMILES string of the molecule is O=C(O)[C@H]1C[C@@H](C(=O)Nc2ccc(F)cc2)CN(C(=O)C2CCOCC2)C1. The van der Waals surface area contributed by atoms with Gasteiger partial charge in [0, 0.05) is 37.9 Å². The molecule has 1 aromatic carbocycles. The number of rotatable bonds is 4. The molecule has 2 aliphatic heterocycles. The Hall–Kier alpha value is -2.48. The zero-order valence-corrected chi connectivity index (χ0v) is 14.9. The fourth-order valence-electron chi connectivity index (χ4n) is 3.63. The molecule has 0 spiro atoms. The predicted octanol–water partition coefficient (Wildman–Crippen LogP) is 1.74. The van der Waals surface area contributed by atoms with E-state index in [9.17, 15) is 23.9 Å². The van der Waals surface area contributed by atoms with Gasteiger partial charge >= 0.3 is 5.97 Å². The van der Waals surface area contributed by atoms with Gasteiger partial charge in [-0.05, 0) is 43.5 Å². The van der Waals surface area contributed by atoms with Crippen LogP contribution < -0.4 is 5.32 Å². The molecule has 27 heavy (non-hydrogen) atoms. The largest absolute Gasteiger partial charge is 0.481 e. The van der Waals surface area contributed by atoms with Gasteiger partial charge in [-0.15, -0.1) is 0 Å². The molecule has 3 rings (SSSR count). The lowest BCUT2D eigenvalue weighted by molar-refractivity contribution is -0.150. The fourth-order valence-corrected chi connectivity index (χ4v) is 3.63. The number of hydrogen-bond donors (Lipinski definition) is 2. The first kappa shape index (κ1) is 19.3. The Labute approximate surface area is 156 Å². The van der Waals surface area contributed by atoms with Gasteiger partial charge in [-0.2, -0.15) is 0 Å². The monoisotopic (exact) mass is 378 g/mol. The van der Waals surface area contributed by atoms with Gasteiger partial charge in [0.1, 0.15) is 5.82 Å². The first-order valence-electron chi connectivity index (χ1n) is 9.10. The summed E-state index contributed by atoms with van der Waals surface area (Å²) in [6.07, 6.45) is 1.39. The van der Waals surface area contributed by atoms with Crippen molar-refractivity contribution in [1.29, 1.82) is 0 Å². The second-order valence-corrected chi connectivity index (χ2v) is 7.09. The normalized spacial score (nSPS) is 23.7.